The van der Waals surface area contributed by atoms with Crippen molar-refractivity contribution in [3.05, 3.63) is 46.7 Å². The molecule has 0 aromatic carbocycles. The molecule has 7 nitrogen and oxygen atoms in total. The van der Waals surface area contributed by atoms with Crippen LogP contribution in [0.15, 0.2) is 29.8 Å². The molecule has 1 fully saturated rings. The summed E-state index contributed by atoms with van der Waals surface area (Å²) < 4.78 is 6.15. The predicted octanol–water partition coefficient (Wildman–Crippen LogP) is 3.14. The zero-order chi connectivity index (χ0) is 19.7. The zero-order valence-electron chi connectivity index (χ0n) is 16.3. The van der Waals surface area contributed by atoms with E-state index in [1.54, 1.807) is 24.6 Å². The Hall–Kier alpha value is -2.13. The maximum Gasteiger partial charge on any atom is 0.224 e. The number of anilines is 1. The smallest absolute Gasteiger partial charge is 0.224 e. The van der Waals surface area contributed by atoms with Crippen LogP contribution >= 0.6 is 11.3 Å². The number of fused-ring (bicyclic) bond motifs is 1. The lowest BCUT2D eigenvalue weighted by Gasteiger charge is -2.41. The molecule has 0 bridgehead atoms. The molecule has 0 aliphatic carbocycles. The van der Waals surface area contributed by atoms with Crippen molar-refractivity contribution in [1.82, 2.24) is 19.9 Å². The highest BCUT2D eigenvalue weighted by atomic mass is 32.1. The molecule has 0 saturated carbocycles. The van der Waals surface area contributed by atoms with E-state index in [1.165, 1.54) is 0 Å². The highest BCUT2D eigenvalue weighted by Gasteiger charge is 2.34. The molecule has 3 aromatic rings. The van der Waals surface area contributed by atoms with Crippen molar-refractivity contribution in [1.29, 1.82) is 0 Å². The maximum absolute atomic E-state index is 11.0. The van der Waals surface area contributed by atoms with Crippen LogP contribution in [0.25, 0.3) is 10.2 Å². The number of likely N-dealkylation sites (tertiary alicyclic amines) is 1. The van der Waals surface area contributed by atoms with Crippen molar-refractivity contribution in [3.8, 4) is 0 Å². The standard InChI is InChI=1S/C20H25N5O2S/c1-12-11-28-18-16(12)23-20(22-13(2)15-6-4-5-7-21-15)24-17(18)19(26)25-8-14(9-25)10-27-3/h4-7,11,13-14,19,26H,8-10H2,1-3H3,(H,22,23,24). The number of pyridine rings is 1. The molecule has 1 saturated heterocycles. The summed E-state index contributed by atoms with van der Waals surface area (Å²) in [7, 11) is 1.71. The number of hydrogen-bond acceptors (Lipinski definition) is 8. The summed E-state index contributed by atoms with van der Waals surface area (Å²) in [6.07, 6.45) is 1.03. The first kappa shape index (κ1) is 19.2. The number of thiophene rings is 1. The molecular formula is C20H25N5O2S. The minimum Gasteiger partial charge on any atom is -0.384 e. The molecule has 4 heterocycles. The Kier molecular flexibility index (Phi) is 5.54. The highest BCUT2D eigenvalue weighted by Crippen LogP contribution is 2.35. The van der Waals surface area contributed by atoms with Gasteiger partial charge in [0.15, 0.2) is 6.23 Å². The summed E-state index contributed by atoms with van der Waals surface area (Å²) in [6, 6.07) is 5.78. The van der Waals surface area contributed by atoms with E-state index >= 15 is 0 Å². The molecule has 8 heteroatoms. The van der Waals surface area contributed by atoms with Crippen molar-refractivity contribution in [2.24, 2.45) is 5.92 Å². The second-order valence-electron chi connectivity index (χ2n) is 7.30. The van der Waals surface area contributed by atoms with Gasteiger partial charge in [-0.25, -0.2) is 9.97 Å². The van der Waals surface area contributed by atoms with Crippen molar-refractivity contribution < 1.29 is 9.84 Å². The summed E-state index contributed by atoms with van der Waals surface area (Å²) in [6.45, 7) is 6.38. The van der Waals surface area contributed by atoms with Gasteiger partial charge in [0.1, 0.15) is 5.69 Å². The Bertz CT molecular complexity index is 942. The van der Waals surface area contributed by atoms with Crippen LogP contribution in [0.4, 0.5) is 5.95 Å². The Balaban J connectivity index is 1.61. The van der Waals surface area contributed by atoms with Gasteiger partial charge in [-0.2, -0.15) is 0 Å². The minimum absolute atomic E-state index is 0.0438. The number of nitrogens with one attached hydrogen (secondary N) is 1. The third-order valence-corrected chi connectivity index (χ3v) is 6.18. The number of aryl methyl sites for hydroxylation is 1. The van der Waals surface area contributed by atoms with Crippen LogP contribution in [0.3, 0.4) is 0 Å². The molecule has 2 N–H and O–H groups in total. The fourth-order valence-electron chi connectivity index (χ4n) is 3.52. The SMILES string of the molecule is COCC1CN(C(O)c2nc(NC(C)c3ccccn3)nc3c(C)csc23)C1. The van der Waals surface area contributed by atoms with Gasteiger partial charge >= 0.3 is 0 Å². The lowest BCUT2D eigenvalue weighted by atomic mass is 10.0. The Labute approximate surface area is 168 Å². The van der Waals surface area contributed by atoms with Crippen molar-refractivity contribution >= 4 is 27.5 Å². The lowest BCUT2D eigenvalue weighted by Crippen LogP contribution is -2.50. The topological polar surface area (TPSA) is 83.4 Å². The predicted molar refractivity (Wildman–Crippen MR) is 110 cm³/mol. The Morgan fingerprint density at radius 2 is 2.18 bits per heavy atom. The van der Waals surface area contributed by atoms with Crippen LogP contribution in [0.5, 0.6) is 0 Å². The molecule has 28 heavy (non-hydrogen) atoms. The number of rotatable bonds is 7. The van der Waals surface area contributed by atoms with Crippen LogP contribution in [0, 0.1) is 12.8 Å². The van der Waals surface area contributed by atoms with E-state index in [2.05, 4.69) is 15.7 Å². The lowest BCUT2D eigenvalue weighted by molar-refractivity contribution is -0.0837. The van der Waals surface area contributed by atoms with Gasteiger partial charge in [0.05, 0.1) is 28.6 Å². The quantitative estimate of drug-likeness (QED) is 0.631. The first-order chi connectivity index (χ1) is 13.6. The number of aliphatic hydroxyl groups is 1. The normalized spacial score (nSPS) is 17.4. The number of hydrogen-bond donors (Lipinski definition) is 2. The number of methoxy groups -OCH3 is 1. The van der Waals surface area contributed by atoms with Gasteiger partial charge in [-0.3, -0.25) is 9.88 Å². The number of aliphatic hydroxyl groups excluding tert-OH is 1. The number of aromatic nitrogens is 3. The van der Waals surface area contributed by atoms with Gasteiger partial charge in [-0.1, -0.05) is 6.07 Å². The molecule has 0 amide bonds. The molecule has 1 aliphatic rings. The van der Waals surface area contributed by atoms with E-state index in [0.717, 1.165) is 41.2 Å². The molecule has 4 rings (SSSR count). The van der Waals surface area contributed by atoms with Crippen molar-refractivity contribution in [2.75, 3.05) is 32.1 Å². The zero-order valence-corrected chi connectivity index (χ0v) is 17.1. The summed E-state index contributed by atoms with van der Waals surface area (Å²) >= 11 is 1.58. The van der Waals surface area contributed by atoms with Crippen molar-refractivity contribution in [2.45, 2.75) is 26.1 Å². The summed E-state index contributed by atoms with van der Waals surface area (Å²) in [5.41, 5.74) is 3.55. The van der Waals surface area contributed by atoms with Gasteiger partial charge in [0.25, 0.3) is 0 Å². The first-order valence-electron chi connectivity index (χ1n) is 9.41. The van der Waals surface area contributed by atoms with Gasteiger partial charge in [0.2, 0.25) is 5.95 Å². The summed E-state index contributed by atoms with van der Waals surface area (Å²) in [4.78, 5) is 15.8. The van der Waals surface area contributed by atoms with E-state index < -0.39 is 6.23 Å². The minimum atomic E-state index is -0.748. The van der Waals surface area contributed by atoms with Crippen LogP contribution in [-0.4, -0.2) is 51.8 Å². The fourth-order valence-corrected chi connectivity index (χ4v) is 4.51. The van der Waals surface area contributed by atoms with Crippen molar-refractivity contribution in [3.63, 3.8) is 0 Å². The number of ether oxygens (including phenoxy) is 1. The third-order valence-electron chi connectivity index (χ3n) is 5.07. The number of nitrogens with zero attached hydrogens (tertiary/aromatic N) is 4. The molecule has 2 unspecified atom stereocenters. The van der Waals surface area contributed by atoms with Crippen LogP contribution in [0.1, 0.15) is 36.1 Å². The van der Waals surface area contributed by atoms with E-state index in [9.17, 15) is 5.11 Å². The van der Waals surface area contributed by atoms with Crippen LogP contribution in [-0.2, 0) is 4.74 Å². The van der Waals surface area contributed by atoms with E-state index in [1.807, 2.05) is 36.9 Å². The van der Waals surface area contributed by atoms with Gasteiger partial charge < -0.3 is 15.2 Å². The molecule has 0 spiro atoms. The maximum atomic E-state index is 11.0. The molecule has 1 aliphatic heterocycles. The fraction of sp³-hybridized carbons (Fsp3) is 0.450. The van der Waals surface area contributed by atoms with E-state index in [0.29, 0.717) is 17.6 Å². The average Bonchev–Trinajstić information content (AvgIpc) is 3.05. The second-order valence-corrected chi connectivity index (χ2v) is 8.18. The molecule has 2 atom stereocenters. The van der Waals surface area contributed by atoms with E-state index in [-0.39, 0.29) is 6.04 Å². The van der Waals surface area contributed by atoms with E-state index in [4.69, 9.17) is 14.7 Å². The van der Waals surface area contributed by atoms with Gasteiger partial charge in [-0.05, 0) is 36.9 Å². The molecule has 148 valence electrons. The first-order valence-corrected chi connectivity index (χ1v) is 10.3. The Morgan fingerprint density at radius 1 is 1.36 bits per heavy atom. The molecule has 0 radical (unpaired) electrons. The highest BCUT2D eigenvalue weighted by molar-refractivity contribution is 7.17. The molecular weight excluding hydrogens is 374 g/mol. The largest absolute Gasteiger partial charge is 0.384 e. The third kappa shape index (κ3) is 3.73. The Morgan fingerprint density at radius 3 is 2.89 bits per heavy atom. The second kappa shape index (κ2) is 8.08. The summed E-state index contributed by atoms with van der Waals surface area (Å²) in [5.74, 6) is 0.971. The molecule has 3 aromatic heterocycles. The van der Waals surface area contributed by atoms with Crippen LogP contribution in [0.2, 0.25) is 0 Å². The van der Waals surface area contributed by atoms with Gasteiger partial charge in [-0.15, -0.1) is 11.3 Å². The summed E-state index contributed by atoms with van der Waals surface area (Å²) in [5, 5.41) is 16.4. The van der Waals surface area contributed by atoms with Crippen LogP contribution < -0.4 is 5.32 Å². The van der Waals surface area contributed by atoms with Gasteiger partial charge in [0, 0.05) is 32.3 Å². The monoisotopic (exact) mass is 399 g/mol. The average molecular weight is 400 g/mol.